The number of nitrogens with one attached hydrogen (secondary N) is 1. The second-order valence-electron chi connectivity index (χ2n) is 8.43. The highest BCUT2D eigenvalue weighted by atomic mass is 32.2. The summed E-state index contributed by atoms with van der Waals surface area (Å²) in [6.07, 6.45) is -1.39. The van der Waals surface area contributed by atoms with Gasteiger partial charge in [0.25, 0.3) is 0 Å². The maximum absolute atomic E-state index is 12.0. The van der Waals surface area contributed by atoms with Crippen LogP contribution < -0.4 is 5.32 Å². The number of alkyl carbamates (subject to hydrolysis) is 1. The predicted octanol–water partition coefficient (Wildman–Crippen LogP) is 2.07. The van der Waals surface area contributed by atoms with Gasteiger partial charge >= 0.3 is 12.1 Å². The van der Waals surface area contributed by atoms with Crippen molar-refractivity contribution in [2.75, 3.05) is 25.7 Å². The molecule has 2 rings (SSSR count). The van der Waals surface area contributed by atoms with Gasteiger partial charge in [-0.2, -0.15) is 11.8 Å². The molecule has 10 heteroatoms. The zero-order chi connectivity index (χ0) is 21.8. The van der Waals surface area contributed by atoms with E-state index in [4.69, 9.17) is 28.4 Å². The number of hydrogen-bond acceptors (Lipinski definition) is 9. The van der Waals surface area contributed by atoms with Crippen LogP contribution >= 0.6 is 11.8 Å². The van der Waals surface area contributed by atoms with Gasteiger partial charge in [0.1, 0.15) is 23.9 Å². The fourth-order valence-corrected chi connectivity index (χ4v) is 4.28. The predicted molar refractivity (Wildman–Crippen MR) is 107 cm³/mol. The Labute approximate surface area is 176 Å². The quantitative estimate of drug-likeness (QED) is 0.453. The lowest BCUT2D eigenvalue weighted by Crippen LogP contribution is -2.44. The van der Waals surface area contributed by atoms with E-state index >= 15 is 0 Å². The molecule has 168 valence electrons. The van der Waals surface area contributed by atoms with Crippen molar-refractivity contribution in [3.05, 3.63) is 0 Å². The van der Waals surface area contributed by atoms with Crippen LogP contribution in [-0.2, 0) is 33.2 Å². The minimum atomic E-state index is -0.781. The smallest absolute Gasteiger partial charge is 0.408 e. The third-order valence-electron chi connectivity index (χ3n) is 4.35. The highest BCUT2D eigenvalue weighted by molar-refractivity contribution is 7.99. The molecule has 0 radical (unpaired) electrons. The molecule has 2 heterocycles. The number of thioether (sulfide) groups is 1. The summed E-state index contributed by atoms with van der Waals surface area (Å²) in [5.41, 5.74) is -0.648. The first kappa shape index (κ1) is 24.2. The van der Waals surface area contributed by atoms with Gasteiger partial charge < -0.3 is 33.7 Å². The van der Waals surface area contributed by atoms with E-state index in [0.29, 0.717) is 17.9 Å². The first-order chi connectivity index (χ1) is 13.5. The molecular formula is C19H33NO8S. The summed E-state index contributed by atoms with van der Waals surface area (Å²) in [5.74, 6) is 0.0594. The number of fused-ring (bicyclic) bond motifs is 1. The third-order valence-corrected chi connectivity index (χ3v) is 5.44. The second-order valence-corrected chi connectivity index (χ2v) is 9.58. The summed E-state index contributed by atoms with van der Waals surface area (Å²) >= 11 is 1.59. The average Bonchev–Trinajstić information content (AvgIpc) is 3.08. The van der Waals surface area contributed by atoms with E-state index in [1.807, 2.05) is 13.8 Å². The van der Waals surface area contributed by atoms with Crippen LogP contribution in [0, 0.1) is 0 Å². The normalized spacial score (nSPS) is 29.2. The molecular weight excluding hydrogens is 402 g/mol. The molecule has 0 aromatic heterocycles. The lowest BCUT2D eigenvalue weighted by Gasteiger charge is -2.24. The van der Waals surface area contributed by atoms with E-state index in [-0.39, 0.29) is 18.3 Å². The van der Waals surface area contributed by atoms with Crippen molar-refractivity contribution in [2.45, 2.75) is 83.1 Å². The van der Waals surface area contributed by atoms with Gasteiger partial charge in [0.05, 0.1) is 13.2 Å². The summed E-state index contributed by atoms with van der Waals surface area (Å²) in [7, 11) is 2.87. The monoisotopic (exact) mass is 435 g/mol. The summed E-state index contributed by atoms with van der Waals surface area (Å²) in [6.45, 7) is 9.01. The summed E-state index contributed by atoms with van der Waals surface area (Å²) < 4.78 is 33.1. The summed E-state index contributed by atoms with van der Waals surface area (Å²) in [4.78, 5) is 24.0. The Bertz CT molecular complexity index is 579. The summed E-state index contributed by atoms with van der Waals surface area (Å²) in [5, 5.41) is 2.57. The molecule has 0 unspecified atom stereocenters. The van der Waals surface area contributed by atoms with Gasteiger partial charge in [-0.15, -0.1) is 0 Å². The highest BCUT2D eigenvalue weighted by Gasteiger charge is 2.55. The first-order valence-corrected chi connectivity index (χ1v) is 10.8. The van der Waals surface area contributed by atoms with Crippen molar-refractivity contribution in [3.63, 3.8) is 0 Å². The van der Waals surface area contributed by atoms with Crippen LogP contribution in [-0.4, -0.2) is 79.8 Å². The van der Waals surface area contributed by atoms with Crippen molar-refractivity contribution in [3.8, 4) is 0 Å². The molecule has 1 amide bonds. The Balaban J connectivity index is 1.82. The van der Waals surface area contributed by atoms with E-state index in [2.05, 4.69) is 5.32 Å². The Kier molecular flexibility index (Phi) is 8.20. The Morgan fingerprint density at radius 1 is 1.17 bits per heavy atom. The lowest BCUT2D eigenvalue weighted by molar-refractivity contribution is -0.224. The van der Waals surface area contributed by atoms with Gasteiger partial charge in [0.15, 0.2) is 12.1 Å². The number of methoxy groups -OCH3 is 2. The van der Waals surface area contributed by atoms with Gasteiger partial charge in [-0.1, -0.05) is 0 Å². The largest absolute Gasteiger partial charge is 0.467 e. The number of hydrogen-bond donors (Lipinski definition) is 1. The van der Waals surface area contributed by atoms with Crippen LogP contribution in [0.3, 0.4) is 0 Å². The van der Waals surface area contributed by atoms with Crippen LogP contribution in [0.1, 0.15) is 41.0 Å². The molecule has 2 aliphatic heterocycles. The van der Waals surface area contributed by atoms with Crippen molar-refractivity contribution in [2.24, 2.45) is 0 Å². The van der Waals surface area contributed by atoms with Gasteiger partial charge in [0.2, 0.25) is 0 Å². The zero-order valence-corrected chi connectivity index (χ0v) is 19.0. The lowest BCUT2D eigenvalue weighted by atomic mass is 10.2. The SMILES string of the molecule is COC(=O)[C@H](CCSC[C@H]1O[C@@H](OC)[C@@H]2OC(C)(C)O[C@@H]21)NC(=O)OC(C)(C)C. The zero-order valence-electron chi connectivity index (χ0n) is 18.2. The molecule has 0 aliphatic carbocycles. The van der Waals surface area contributed by atoms with Crippen LogP contribution in [0.4, 0.5) is 4.79 Å². The maximum Gasteiger partial charge on any atom is 0.408 e. The van der Waals surface area contributed by atoms with Crippen LogP contribution in [0.5, 0.6) is 0 Å². The molecule has 0 spiro atoms. The van der Waals surface area contributed by atoms with E-state index < -0.39 is 35.8 Å². The van der Waals surface area contributed by atoms with Gasteiger partial charge in [-0.25, -0.2) is 9.59 Å². The second kappa shape index (κ2) is 9.82. The fraction of sp³-hybridized carbons (Fsp3) is 0.895. The molecule has 1 N–H and O–H groups in total. The topological polar surface area (TPSA) is 102 Å². The van der Waals surface area contributed by atoms with E-state index in [0.717, 1.165) is 0 Å². The molecule has 2 saturated heterocycles. The molecule has 0 aromatic rings. The molecule has 5 atom stereocenters. The molecule has 0 aromatic carbocycles. The molecule has 29 heavy (non-hydrogen) atoms. The summed E-state index contributed by atoms with van der Waals surface area (Å²) in [6, 6.07) is -0.781. The molecule has 0 saturated carbocycles. The van der Waals surface area contributed by atoms with E-state index in [9.17, 15) is 9.59 Å². The third kappa shape index (κ3) is 6.99. The van der Waals surface area contributed by atoms with Gasteiger partial charge in [-0.3, -0.25) is 0 Å². The van der Waals surface area contributed by atoms with Crippen molar-refractivity contribution < 1.29 is 38.0 Å². The van der Waals surface area contributed by atoms with Crippen molar-refractivity contribution in [1.29, 1.82) is 0 Å². The number of rotatable bonds is 8. The minimum absolute atomic E-state index is 0.188. The van der Waals surface area contributed by atoms with Crippen molar-refractivity contribution >= 4 is 23.8 Å². The Hall–Kier alpha value is -1.07. The first-order valence-electron chi connectivity index (χ1n) is 9.65. The number of carbonyl (C=O) groups is 2. The molecule has 2 aliphatic rings. The Morgan fingerprint density at radius 3 is 2.41 bits per heavy atom. The standard InChI is InChI=1S/C19H33NO8S/c1-18(2,3)28-17(22)20-11(15(21)23-6)8-9-29-10-12-13-14(16(24-7)25-12)27-19(4,5)26-13/h11-14,16H,8-10H2,1-7H3,(H,20,22)/t11-,12+,13+,14+,16+/m0/s1. The van der Waals surface area contributed by atoms with Gasteiger partial charge in [-0.05, 0) is 46.8 Å². The fourth-order valence-electron chi connectivity index (χ4n) is 3.21. The number of ether oxygens (including phenoxy) is 6. The molecule has 9 nitrogen and oxygen atoms in total. The van der Waals surface area contributed by atoms with Crippen LogP contribution in [0.15, 0.2) is 0 Å². The minimum Gasteiger partial charge on any atom is -0.467 e. The van der Waals surface area contributed by atoms with Gasteiger partial charge in [0, 0.05) is 12.9 Å². The number of esters is 1. The molecule has 0 bridgehead atoms. The van der Waals surface area contributed by atoms with Crippen LogP contribution in [0.2, 0.25) is 0 Å². The Morgan fingerprint density at radius 2 is 1.83 bits per heavy atom. The van der Waals surface area contributed by atoms with Crippen molar-refractivity contribution in [1.82, 2.24) is 5.32 Å². The number of amides is 1. The molecule has 2 fully saturated rings. The number of carbonyl (C=O) groups excluding carboxylic acids is 2. The average molecular weight is 436 g/mol. The van der Waals surface area contributed by atoms with E-state index in [1.54, 1.807) is 39.6 Å². The maximum atomic E-state index is 12.0. The van der Waals surface area contributed by atoms with Crippen LogP contribution in [0.25, 0.3) is 0 Å². The highest BCUT2D eigenvalue weighted by Crippen LogP contribution is 2.39. The van der Waals surface area contributed by atoms with E-state index in [1.165, 1.54) is 7.11 Å².